The number of amides is 1. The molecule has 0 aliphatic rings. The number of anilines is 1. The first-order valence-corrected chi connectivity index (χ1v) is 5.99. The molecule has 0 spiro atoms. The van der Waals surface area contributed by atoms with Crippen LogP contribution in [0.1, 0.15) is 15.9 Å². The van der Waals surface area contributed by atoms with Gasteiger partial charge in [-0.15, -0.1) is 0 Å². The Morgan fingerprint density at radius 3 is 2.86 bits per heavy atom. The van der Waals surface area contributed by atoms with Gasteiger partial charge >= 0.3 is 0 Å². The third-order valence-corrected chi connectivity index (χ3v) is 3.00. The second-order valence-corrected chi connectivity index (χ2v) is 4.43. The van der Waals surface area contributed by atoms with Gasteiger partial charge in [0.1, 0.15) is 22.5 Å². The first kappa shape index (κ1) is 14.5. The van der Waals surface area contributed by atoms with Crippen LogP contribution in [0.5, 0.6) is 0 Å². The molecular weight excluding hydrogens is 298 g/mol. The van der Waals surface area contributed by atoms with Gasteiger partial charge < -0.3 is 5.32 Å². The molecule has 106 valence electrons. The topological polar surface area (TPSA) is 114 Å². The van der Waals surface area contributed by atoms with Gasteiger partial charge in [-0.3, -0.25) is 19.6 Å². The lowest BCUT2D eigenvalue weighted by Crippen LogP contribution is -2.15. The van der Waals surface area contributed by atoms with Crippen LogP contribution >= 0.6 is 11.6 Å². The van der Waals surface area contributed by atoms with Crippen LogP contribution in [0.25, 0.3) is 0 Å². The predicted molar refractivity (Wildman–Crippen MR) is 74.0 cm³/mol. The molecule has 1 amide bonds. The fraction of sp³-hybridized carbons (Fsp3) is 0.0833. The number of carbonyl (C=O) groups excluding carboxylic acids is 1. The molecular formula is C12H8ClN5O3. The molecule has 1 N–H and O–H groups in total. The van der Waals surface area contributed by atoms with E-state index < -0.39 is 10.8 Å². The number of nitriles is 1. The van der Waals surface area contributed by atoms with Crippen LogP contribution < -0.4 is 5.32 Å². The van der Waals surface area contributed by atoms with E-state index in [4.69, 9.17) is 16.9 Å². The summed E-state index contributed by atoms with van der Waals surface area (Å²) < 4.78 is 1.34. The van der Waals surface area contributed by atoms with Gasteiger partial charge in [-0.05, 0) is 12.1 Å². The molecule has 0 aliphatic carbocycles. The number of aryl methyl sites for hydroxylation is 1. The second kappa shape index (κ2) is 5.60. The molecule has 21 heavy (non-hydrogen) atoms. The van der Waals surface area contributed by atoms with E-state index in [1.165, 1.54) is 23.0 Å². The molecule has 1 heterocycles. The zero-order chi connectivity index (χ0) is 15.6. The second-order valence-electron chi connectivity index (χ2n) is 4.02. The van der Waals surface area contributed by atoms with Crippen molar-refractivity contribution < 1.29 is 9.72 Å². The highest BCUT2D eigenvalue weighted by Crippen LogP contribution is 2.25. The number of nitrogens with zero attached hydrogens (tertiary/aromatic N) is 4. The van der Waals surface area contributed by atoms with Crippen molar-refractivity contribution in [2.45, 2.75) is 0 Å². The lowest BCUT2D eigenvalue weighted by atomic mass is 10.2. The van der Waals surface area contributed by atoms with Crippen molar-refractivity contribution in [2.75, 3.05) is 5.32 Å². The van der Waals surface area contributed by atoms with Crippen LogP contribution in [0.4, 0.5) is 11.5 Å². The van der Waals surface area contributed by atoms with Crippen molar-refractivity contribution in [2.24, 2.45) is 7.05 Å². The Labute approximate surface area is 123 Å². The summed E-state index contributed by atoms with van der Waals surface area (Å²) in [6.07, 6.45) is 1.32. The fourth-order valence-electron chi connectivity index (χ4n) is 1.64. The van der Waals surface area contributed by atoms with Gasteiger partial charge in [0.2, 0.25) is 0 Å². The van der Waals surface area contributed by atoms with Crippen molar-refractivity contribution in [3.05, 3.63) is 50.7 Å². The maximum atomic E-state index is 12.1. The Kier molecular flexibility index (Phi) is 3.86. The Morgan fingerprint density at radius 1 is 1.57 bits per heavy atom. The zero-order valence-corrected chi connectivity index (χ0v) is 11.5. The summed E-state index contributed by atoms with van der Waals surface area (Å²) in [6, 6.07) is 5.51. The quantitative estimate of drug-likeness (QED) is 0.689. The van der Waals surface area contributed by atoms with E-state index in [1.807, 2.05) is 6.07 Å². The highest BCUT2D eigenvalue weighted by Gasteiger charge is 2.17. The first-order valence-electron chi connectivity index (χ1n) is 5.61. The number of nitro benzene ring substituents is 1. The number of halogens is 1. The Hall–Kier alpha value is -2.92. The largest absolute Gasteiger partial charge is 0.306 e. The lowest BCUT2D eigenvalue weighted by molar-refractivity contribution is -0.384. The van der Waals surface area contributed by atoms with Crippen LogP contribution in [0.3, 0.4) is 0 Å². The van der Waals surface area contributed by atoms with E-state index >= 15 is 0 Å². The standard InChI is InChI=1S/C12H8ClN5O3/c1-17-11(8(5-14)6-15-17)16-12(19)7-2-3-10(18(20)21)9(13)4-7/h2-4,6H,1H3,(H,16,19). The van der Waals surface area contributed by atoms with Gasteiger partial charge in [0.25, 0.3) is 11.6 Å². The van der Waals surface area contributed by atoms with Gasteiger partial charge in [0, 0.05) is 18.7 Å². The normalized spacial score (nSPS) is 9.95. The van der Waals surface area contributed by atoms with Crippen molar-refractivity contribution in [3.63, 3.8) is 0 Å². The molecule has 0 atom stereocenters. The van der Waals surface area contributed by atoms with Gasteiger partial charge in [0.15, 0.2) is 0 Å². The number of nitro groups is 1. The Balaban J connectivity index is 2.29. The van der Waals surface area contributed by atoms with Crippen LogP contribution in [0.2, 0.25) is 5.02 Å². The molecule has 0 unspecified atom stereocenters. The van der Waals surface area contributed by atoms with E-state index in [0.717, 1.165) is 6.07 Å². The van der Waals surface area contributed by atoms with E-state index in [1.54, 1.807) is 7.05 Å². The van der Waals surface area contributed by atoms with Crippen LogP contribution in [-0.4, -0.2) is 20.6 Å². The molecule has 0 aliphatic heterocycles. The highest BCUT2D eigenvalue weighted by molar-refractivity contribution is 6.33. The number of nitrogens with one attached hydrogen (secondary N) is 1. The smallest absolute Gasteiger partial charge is 0.287 e. The minimum atomic E-state index is -0.640. The van der Waals surface area contributed by atoms with E-state index in [0.29, 0.717) is 0 Å². The summed E-state index contributed by atoms with van der Waals surface area (Å²) in [5.41, 5.74) is 0.0565. The van der Waals surface area contributed by atoms with Gasteiger partial charge in [-0.1, -0.05) is 11.6 Å². The third-order valence-electron chi connectivity index (χ3n) is 2.70. The SMILES string of the molecule is Cn1ncc(C#N)c1NC(=O)c1ccc([N+](=O)[O-])c(Cl)c1. The van der Waals surface area contributed by atoms with Gasteiger partial charge in [-0.2, -0.15) is 10.4 Å². The summed E-state index contributed by atoms with van der Waals surface area (Å²) in [5, 5.41) is 25.8. The van der Waals surface area contributed by atoms with Crippen molar-refractivity contribution in [1.82, 2.24) is 9.78 Å². The first-order chi connectivity index (χ1) is 9.93. The van der Waals surface area contributed by atoms with Crippen molar-refractivity contribution in [3.8, 4) is 6.07 Å². The maximum Gasteiger partial charge on any atom is 0.287 e. The highest BCUT2D eigenvalue weighted by atomic mass is 35.5. The minimum Gasteiger partial charge on any atom is -0.306 e. The molecule has 0 saturated heterocycles. The van der Waals surface area contributed by atoms with Crippen molar-refractivity contribution >= 4 is 29.0 Å². The molecule has 1 aromatic heterocycles. The van der Waals surface area contributed by atoms with Gasteiger partial charge in [0.05, 0.1) is 11.1 Å². The van der Waals surface area contributed by atoms with Crippen LogP contribution in [0, 0.1) is 21.4 Å². The summed E-state index contributed by atoms with van der Waals surface area (Å²) in [4.78, 5) is 22.1. The monoisotopic (exact) mass is 305 g/mol. The van der Waals surface area contributed by atoms with Gasteiger partial charge in [-0.25, -0.2) is 0 Å². The molecule has 2 rings (SSSR count). The zero-order valence-electron chi connectivity index (χ0n) is 10.7. The number of hydrogen-bond donors (Lipinski definition) is 1. The molecule has 2 aromatic rings. The predicted octanol–water partition coefficient (Wildman–Crippen LogP) is 2.11. The summed E-state index contributed by atoms with van der Waals surface area (Å²) in [6.45, 7) is 0. The third kappa shape index (κ3) is 2.82. The Bertz CT molecular complexity index is 778. The molecule has 0 fully saturated rings. The summed E-state index contributed by atoms with van der Waals surface area (Å²) in [7, 11) is 1.57. The number of rotatable bonds is 3. The maximum absolute atomic E-state index is 12.1. The average molecular weight is 306 g/mol. The molecule has 0 bridgehead atoms. The molecule has 1 aromatic carbocycles. The average Bonchev–Trinajstić information content (AvgIpc) is 2.79. The fourth-order valence-corrected chi connectivity index (χ4v) is 1.89. The van der Waals surface area contributed by atoms with E-state index in [9.17, 15) is 14.9 Å². The summed E-state index contributed by atoms with van der Waals surface area (Å²) >= 11 is 5.75. The van der Waals surface area contributed by atoms with Crippen LogP contribution in [-0.2, 0) is 7.05 Å². The minimum absolute atomic E-state index is 0.135. The molecule has 0 saturated carbocycles. The number of aromatic nitrogens is 2. The number of hydrogen-bond acceptors (Lipinski definition) is 5. The van der Waals surface area contributed by atoms with E-state index in [-0.39, 0.29) is 27.7 Å². The molecule has 0 radical (unpaired) electrons. The number of carbonyl (C=O) groups is 1. The van der Waals surface area contributed by atoms with Crippen molar-refractivity contribution in [1.29, 1.82) is 5.26 Å². The molecule has 8 nitrogen and oxygen atoms in total. The summed E-state index contributed by atoms with van der Waals surface area (Å²) in [5.74, 6) is -0.316. The van der Waals surface area contributed by atoms with Crippen LogP contribution in [0.15, 0.2) is 24.4 Å². The van der Waals surface area contributed by atoms with E-state index in [2.05, 4.69) is 10.4 Å². The number of benzene rings is 1. The lowest BCUT2D eigenvalue weighted by Gasteiger charge is -2.06. The molecule has 9 heteroatoms. The Morgan fingerprint density at radius 2 is 2.29 bits per heavy atom.